The Hall–Kier alpha value is -1.54. The van der Waals surface area contributed by atoms with Gasteiger partial charge in [0, 0.05) is 31.5 Å². The van der Waals surface area contributed by atoms with Crippen LogP contribution in [0.5, 0.6) is 0 Å². The number of carbonyl (C=O) groups is 1. The lowest BCUT2D eigenvalue weighted by atomic mass is 9.59. The van der Waals surface area contributed by atoms with Gasteiger partial charge in [-0.25, -0.2) is 17.7 Å². The fraction of sp³-hybridized carbons (Fsp3) is 0.667. The average Bonchev–Trinajstić information content (AvgIpc) is 2.59. The van der Waals surface area contributed by atoms with Gasteiger partial charge in [0.15, 0.2) is 0 Å². The van der Waals surface area contributed by atoms with Crippen LogP contribution in [0.1, 0.15) is 43.1 Å². The van der Waals surface area contributed by atoms with Crippen molar-refractivity contribution >= 4 is 15.9 Å². The number of rotatable bonds is 4. The quantitative estimate of drug-likeness (QED) is 0.877. The number of carbonyl (C=O) groups excluding carboxylic acids is 1. The second-order valence-corrected chi connectivity index (χ2v) is 8.57. The summed E-state index contributed by atoms with van der Waals surface area (Å²) < 4.78 is 25.5. The van der Waals surface area contributed by atoms with E-state index in [-0.39, 0.29) is 23.1 Å². The van der Waals surface area contributed by atoms with Gasteiger partial charge < -0.3 is 5.32 Å². The van der Waals surface area contributed by atoms with Crippen LogP contribution in [0.2, 0.25) is 0 Å². The molecular weight excluding hydrogens is 316 g/mol. The number of nitrogens with zero attached hydrogens (tertiary/aromatic N) is 3. The third-order valence-electron chi connectivity index (χ3n) is 5.25. The van der Waals surface area contributed by atoms with E-state index >= 15 is 0 Å². The van der Waals surface area contributed by atoms with Gasteiger partial charge in [-0.15, -0.1) is 0 Å². The van der Waals surface area contributed by atoms with E-state index in [4.69, 9.17) is 0 Å². The minimum atomic E-state index is -3.11. The molecule has 1 saturated carbocycles. The van der Waals surface area contributed by atoms with Crippen molar-refractivity contribution in [2.45, 2.75) is 38.6 Å². The number of hydrogen-bond acceptors (Lipinski definition) is 5. The molecule has 2 fully saturated rings. The molecule has 0 unspecified atom stereocenters. The maximum atomic E-state index is 12.2. The second-order valence-electron chi connectivity index (χ2n) is 6.32. The number of sulfonamides is 1. The van der Waals surface area contributed by atoms with Crippen LogP contribution in [0, 0.1) is 5.41 Å². The van der Waals surface area contributed by atoms with Crippen molar-refractivity contribution in [3.8, 4) is 0 Å². The summed E-state index contributed by atoms with van der Waals surface area (Å²) in [6.45, 7) is 2.77. The predicted octanol–water partition coefficient (Wildman–Crippen LogP) is 0.801. The lowest BCUT2D eigenvalue weighted by Crippen LogP contribution is -2.59. The summed E-state index contributed by atoms with van der Waals surface area (Å²) >= 11 is 0. The molecule has 3 rings (SSSR count). The molecule has 126 valence electrons. The Kier molecular flexibility index (Phi) is 4.37. The third kappa shape index (κ3) is 3.10. The fourth-order valence-electron chi connectivity index (χ4n) is 3.56. The SMILES string of the molecule is CCS(=O)(=O)N1CCC2(CC[C@H]2NC(=O)c2cnccn2)CC1. The minimum Gasteiger partial charge on any atom is -0.347 e. The number of piperidine rings is 1. The zero-order valence-electron chi connectivity index (χ0n) is 13.2. The largest absolute Gasteiger partial charge is 0.347 e. The molecule has 1 spiro atoms. The highest BCUT2D eigenvalue weighted by Gasteiger charge is 2.49. The Balaban J connectivity index is 1.61. The highest BCUT2D eigenvalue weighted by Crippen LogP contribution is 2.49. The first-order valence-corrected chi connectivity index (χ1v) is 9.62. The van der Waals surface area contributed by atoms with E-state index < -0.39 is 10.0 Å². The Labute approximate surface area is 136 Å². The van der Waals surface area contributed by atoms with E-state index in [9.17, 15) is 13.2 Å². The smallest absolute Gasteiger partial charge is 0.271 e. The Morgan fingerprint density at radius 1 is 1.35 bits per heavy atom. The highest BCUT2D eigenvalue weighted by atomic mass is 32.2. The van der Waals surface area contributed by atoms with Gasteiger partial charge in [-0.3, -0.25) is 9.78 Å². The van der Waals surface area contributed by atoms with Crippen molar-refractivity contribution < 1.29 is 13.2 Å². The second kappa shape index (κ2) is 6.16. The molecule has 1 amide bonds. The molecule has 0 radical (unpaired) electrons. The van der Waals surface area contributed by atoms with Crippen LogP contribution in [-0.4, -0.2) is 53.5 Å². The fourth-order valence-corrected chi connectivity index (χ4v) is 4.67. The van der Waals surface area contributed by atoms with Gasteiger partial charge >= 0.3 is 0 Å². The molecule has 2 aliphatic rings. The molecule has 1 aliphatic carbocycles. The molecule has 0 bridgehead atoms. The lowest BCUT2D eigenvalue weighted by Gasteiger charge is -2.53. The molecule has 1 aliphatic heterocycles. The van der Waals surface area contributed by atoms with Gasteiger partial charge in [0.25, 0.3) is 5.91 Å². The Morgan fingerprint density at radius 3 is 2.61 bits per heavy atom. The van der Waals surface area contributed by atoms with Crippen LogP contribution in [0.25, 0.3) is 0 Å². The van der Waals surface area contributed by atoms with Crippen LogP contribution in [-0.2, 0) is 10.0 Å². The van der Waals surface area contributed by atoms with E-state index in [0.717, 1.165) is 25.7 Å². The van der Waals surface area contributed by atoms with E-state index in [2.05, 4.69) is 15.3 Å². The number of aromatic nitrogens is 2. The highest BCUT2D eigenvalue weighted by molar-refractivity contribution is 7.89. The van der Waals surface area contributed by atoms with Crippen LogP contribution >= 0.6 is 0 Å². The topological polar surface area (TPSA) is 92.3 Å². The van der Waals surface area contributed by atoms with Gasteiger partial charge in [-0.2, -0.15) is 0 Å². The first-order valence-electron chi connectivity index (χ1n) is 8.01. The van der Waals surface area contributed by atoms with Crippen molar-refractivity contribution in [3.63, 3.8) is 0 Å². The van der Waals surface area contributed by atoms with E-state index in [0.29, 0.717) is 18.8 Å². The molecule has 8 heteroatoms. The summed E-state index contributed by atoms with van der Waals surface area (Å²) in [5.74, 6) is -0.0573. The normalized spacial score (nSPS) is 24.1. The summed E-state index contributed by atoms with van der Waals surface area (Å²) in [5.41, 5.74) is 0.359. The monoisotopic (exact) mass is 338 g/mol. The average molecular weight is 338 g/mol. The Morgan fingerprint density at radius 2 is 2.09 bits per heavy atom. The van der Waals surface area contributed by atoms with Crippen molar-refractivity contribution in [2.24, 2.45) is 5.41 Å². The van der Waals surface area contributed by atoms with Crippen LogP contribution in [0.15, 0.2) is 18.6 Å². The van der Waals surface area contributed by atoms with Crippen molar-refractivity contribution in [2.75, 3.05) is 18.8 Å². The molecular formula is C15H22N4O3S. The summed E-state index contributed by atoms with van der Waals surface area (Å²) in [6, 6.07) is 0.100. The molecule has 1 saturated heterocycles. The van der Waals surface area contributed by atoms with Crippen LogP contribution in [0.4, 0.5) is 0 Å². The van der Waals surface area contributed by atoms with Crippen molar-refractivity contribution in [3.05, 3.63) is 24.3 Å². The minimum absolute atomic E-state index is 0.0393. The molecule has 1 aromatic heterocycles. The summed E-state index contributed by atoms with van der Waals surface area (Å²) in [4.78, 5) is 20.2. The zero-order valence-corrected chi connectivity index (χ0v) is 14.1. The molecule has 7 nitrogen and oxygen atoms in total. The van der Waals surface area contributed by atoms with E-state index in [1.165, 1.54) is 18.6 Å². The van der Waals surface area contributed by atoms with E-state index in [1.54, 1.807) is 11.2 Å². The van der Waals surface area contributed by atoms with Gasteiger partial charge in [0.05, 0.1) is 11.9 Å². The molecule has 1 aromatic rings. The van der Waals surface area contributed by atoms with E-state index in [1.807, 2.05) is 0 Å². The lowest BCUT2D eigenvalue weighted by molar-refractivity contribution is 0.0125. The molecule has 23 heavy (non-hydrogen) atoms. The molecule has 0 aromatic carbocycles. The van der Waals surface area contributed by atoms with Gasteiger partial charge in [-0.05, 0) is 38.0 Å². The maximum Gasteiger partial charge on any atom is 0.271 e. The van der Waals surface area contributed by atoms with Crippen molar-refractivity contribution in [1.29, 1.82) is 0 Å². The van der Waals surface area contributed by atoms with Gasteiger partial charge in [-0.1, -0.05) is 0 Å². The molecule has 1 N–H and O–H groups in total. The zero-order chi connectivity index (χ0) is 16.5. The number of nitrogens with one attached hydrogen (secondary N) is 1. The van der Waals surface area contributed by atoms with Gasteiger partial charge in [0.1, 0.15) is 5.69 Å². The maximum absolute atomic E-state index is 12.2. The number of amides is 1. The summed E-state index contributed by atoms with van der Waals surface area (Å²) in [6.07, 6.45) is 8.07. The predicted molar refractivity (Wildman–Crippen MR) is 85.2 cm³/mol. The van der Waals surface area contributed by atoms with Crippen LogP contribution in [0.3, 0.4) is 0 Å². The first kappa shape index (κ1) is 16.3. The standard InChI is InChI=1S/C15H22N4O3S/c1-2-23(21,22)19-9-5-15(6-10-19)4-3-13(15)18-14(20)12-11-16-7-8-17-12/h7-8,11,13H,2-6,9-10H2,1H3,(H,18,20)/t13-/m1/s1. The molecule has 1 atom stereocenters. The van der Waals surface area contributed by atoms with Crippen LogP contribution < -0.4 is 5.32 Å². The molecule has 2 heterocycles. The first-order chi connectivity index (χ1) is 11.0. The summed E-state index contributed by atoms with van der Waals surface area (Å²) in [5, 5.41) is 3.05. The summed E-state index contributed by atoms with van der Waals surface area (Å²) in [7, 11) is -3.11. The third-order valence-corrected chi connectivity index (χ3v) is 7.13. The Bertz CT molecular complexity index is 669. The van der Waals surface area contributed by atoms with Gasteiger partial charge in [0.2, 0.25) is 10.0 Å². The number of hydrogen-bond donors (Lipinski definition) is 1. The van der Waals surface area contributed by atoms with Crippen molar-refractivity contribution in [1.82, 2.24) is 19.6 Å².